The minimum atomic E-state index is 0.0541. The predicted octanol–water partition coefficient (Wildman–Crippen LogP) is 2.33. The second-order valence-electron chi connectivity index (χ2n) is 4.43. The van der Waals surface area contributed by atoms with Gasteiger partial charge in [0.1, 0.15) is 0 Å². The second-order valence-corrected chi connectivity index (χ2v) is 5.17. The number of carbonyl (C=O) groups excluding carboxylic acids is 1. The molecule has 1 fully saturated rings. The molecule has 0 aliphatic carbocycles. The molecule has 0 aromatic heterocycles. The zero-order valence-electron chi connectivity index (χ0n) is 10.2. The van der Waals surface area contributed by atoms with E-state index in [1.165, 1.54) is 0 Å². The Morgan fingerprint density at radius 2 is 2.38 bits per heavy atom. The number of carbonyl (C=O) groups is 1. The lowest BCUT2D eigenvalue weighted by molar-refractivity contribution is -0.126. The van der Waals surface area contributed by atoms with Crippen LogP contribution in [0.15, 0.2) is 0 Å². The van der Waals surface area contributed by atoms with Crippen LogP contribution in [0.3, 0.4) is 0 Å². The molecule has 94 valence electrons. The van der Waals surface area contributed by atoms with Gasteiger partial charge in [-0.05, 0) is 32.6 Å². The molecule has 0 bridgehead atoms. The number of hydrogen-bond acceptors (Lipinski definition) is 2. The molecule has 1 amide bonds. The normalized spacial score (nSPS) is 26.7. The Bertz CT molecular complexity index is 221. The van der Waals surface area contributed by atoms with Gasteiger partial charge in [-0.25, -0.2) is 0 Å². The van der Waals surface area contributed by atoms with Crippen molar-refractivity contribution in [3.63, 3.8) is 0 Å². The summed E-state index contributed by atoms with van der Waals surface area (Å²) >= 11 is 5.83. The van der Waals surface area contributed by atoms with E-state index < -0.39 is 0 Å². The summed E-state index contributed by atoms with van der Waals surface area (Å²) in [6.07, 6.45) is 3.78. The van der Waals surface area contributed by atoms with Crippen molar-refractivity contribution in [2.45, 2.75) is 51.0 Å². The number of hydrogen-bond donors (Lipinski definition) is 1. The maximum absolute atomic E-state index is 11.8. The molecule has 4 heteroatoms. The molecule has 0 spiro atoms. The number of nitrogens with one attached hydrogen (secondary N) is 1. The Hall–Kier alpha value is -0.280. The summed E-state index contributed by atoms with van der Waals surface area (Å²) in [6, 6.07) is 0. The standard InChI is InChI=1S/C12H22ClNO2/c1-3-11-10(6-8-16-11)12(15)14-7-4-5-9(2)13/h9-11H,3-8H2,1-2H3,(H,14,15). The van der Waals surface area contributed by atoms with Crippen LogP contribution in [0, 0.1) is 5.92 Å². The summed E-state index contributed by atoms with van der Waals surface area (Å²) in [7, 11) is 0. The maximum atomic E-state index is 11.8. The molecular weight excluding hydrogens is 226 g/mol. The van der Waals surface area contributed by atoms with Gasteiger partial charge in [0.15, 0.2) is 0 Å². The van der Waals surface area contributed by atoms with Crippen molar-refractivity contribution in [1.29, 1.82) is 0 Å². The topological polar surface area (TPSA) is 38.3 Å². The average Bonchev–Trinajstić information content (AvgIpc) is 2.71. The zero-order chi connectivity index (χ0) is 12.0. The Morgan fingerprint density at radius 1 is 1.62 bits per heavy atom. The Morgan fingerprint density at radius 3 is 3.00 bits per heavy atom. The molecule has 1 rings (SSSR count). The summed E-state index contributed by atoms with van der Waals surface area (Å²) < 4.78 is 5.50. The molecule has 0 aromatic carbocycles. The largest absolute Gasteiger partial charge is 0.377 e. The van der Waals surface area contributed by atoms with Crippen LogP contribution in [0.2, 0.25) is 0 Å². The molecule has 3 unspecified atom stereocenters. The number of ether oxygens (including phenoxy) is 1. The summed E-state index contributed by atoms with van der Waals surface area (Å²) in [6.45, 7) is 5.48. The van der Waals surface area contributed by atoms with Gasteiger partial charge in [-0.2, -0.15) is 0 Å². The molecule has 0 aromatic rings. The molecule has 3 atom stereocenters. The molecular formula is C12H22ClNO2. The van der Waals surface area contributed by atoms with E-state index in [-0.39, 0.29) is 23.3 Å². The van der Waals surface area contributed by atoms with E-state index in [2.05, 4.69) is 12.2 Å². The molecule has 1 N–H and O–H groups in total. The van der Waals surface area contributed by atoms with Gasteiger partial charge in [-0.1, -0.05) is 6.92 Å². The molecule has 1 aliphatic heterocycles. The van der Waals surface area contributed by atoms with E-state index in [9.17, 15) is 4.79 Å². The van der Waals surface area contributed by atoms with Gasteiger partial charge < -0.3 is 10.1 Å². The van der Waals surface area contributed by atoms with Crippen molar-refractivity contribution in [2.75, 3.05) is 13.2 Å². The van der Waals surface area contributed by atoms with Crippen molar-refractivity contribution in [1.82, 2.24) is 5.32 Å². The van der Waals surface area contributed by atoms with E-state index in [0.717, 1.165) is 38.8 Å². The van der Waals surface area contributed by atoms with Gasteiger partial charge in [0.25, 0.3) is 0 Å². The minimum absolute atomic E-state index is 0.0541. The third kappa shape index (κ3) is 4.30. The lowest BCUT2D eigenvalue weighted by atomic mass is 9.99. The minimum Gasteiger partial charge on any atom is -0.377 e. The van der Waals surface area contributed by atoms with Crippen LogP contribution in [-0.4, -0.2) is 30.5 Å². The Labute approximate surface area is 103 Å². The van der Waals surface area contributed by atoms with E-state index in [1.54, 1.807) is 0 Å². The van der Waals surface area contributed by atoms with Crippen LogP contribution in [0.5, 0.6) is 0 Å². The number of alkyl halides is 1. The molecule has 1 saturated heterocycles. The van der Waals surface area contributed by atoms with Crippen molar-refractivity contribution < 1.29 is 9.53 Å². The van der Waals surface area contributed by atoms with Gasteiger partial charge in [0.2, 0.25) is 5.91 Å². The van der Waals surface area contributed by atoms with Crippen LogP contribution in [0.1, 0.15) is 39.5 Å². The summed E-state index contributed by atoms with van der Waals surface area (Å²) in [5.74, 6) is 0.199. The van der Waals surface area contributed by atoms with Crippen molar-refractivity contribution in [3.8, 4) is 0 Å². The third-order valence-electron chi connectivity index (χ3n) is 3.03. The molecule has 16 heavy (non-hydrogen) atoms. The van der Waals surface area contributed by atoms with Crippen LogP contribution >= 0.6 is 11.6 Å². The lowest BCUT2D eigenvalue weighted by Crippen LogP contribution is -2.35. The summed E-state index contributed by atoms with van der Waals surface area (Å²) in [5, 5.41) is 3.16. The first-order valence-electron chi connectivity index (χ1n) is 6.18. The highest BCUT2D eigenvalue weighted by molar-refractivity contribution is 6.20. The first-order chi connectivity index (χ1) is 7.65. The van der Waals surface area contributed by atoms with Gasteiger partial charge >= 0.3 is 0 Å². The fourth-order valence-electron chi connectivity index (χ4n) is 2.08. The second kappa shape index (κ2) is 7.13. The monoisotopic (exact) mass is 247 g/mol. The predicted molar refractivity (Wildman–Crippen MR) is 65.7 cm³/mol. The van der Waals surface area contributed by atoms with Crippen molar-refractivity contribution in [3.05, 3.63) is 0 Å². The molecule has 0 saturated carbocycles. The molecule has 0 radical (unpaired) electrons. The SMILES string of the molecule is CCC1OCCC1C(=O)NCCCC(C)Cl. The van der Waals surface area contributed by atoms with Gasteiger partial charge in [-0.15, -0.1) is 11.6 Å². The van der Waals surface area contributed by atoms with Crippen molar-refractivity contribution in [2.24, 2.45) is 5.92 Å². The van der Waals surface area contributed by atoms with E-state index in [0.29, 0.717) is 0 Å². The van der Waals surface area contributed by atoms with Crippen LogP contribution in [0.25, 0.3) is 0 Å². The first kappa shape index (κ1) is 13.8. The fourth-order valence-corrected chi connectivity index (χ4v) is 2.23. The zero-order valence-corrected chi connectivity index (χ0v) is 10.9. The summed E-state index contributed by atoms with van der Waals surface area (Å²) in [4.78, 5) is 11.8. The fraction of sp³-hybridized carbons (Fsp3) is 0.917. The van der Waals surface area contributed by atoms with Gasteiger partial charge in [-0.3, -0.25) is 4.79 Å². The smallest absolute Gasteiger partial charge is 0.225 e. The highest BCUT2D eigenvalue weighted by Gasteiger charge is 2.32. The Balaban J connectivity index is 2.19. The quantitative estimate of drug-likeness (QED) is 0.578. The highest BCUT2D eigenvalue weighted by Crippen LogP contribution is 2.23. The number of halogens is 1. The highest BCUT2D eigenvalue weighted by atomic mass is 35.5. The van der Waals surface area contributed by atoms with Crippen molar-refractivity contribution >= 4 is 17.5 Å². The third-order valence-corrected chi connectivity index (χ3v) is 3.24. The molecule has 1 heterocycles. The molecule has 1 aliphatic rings. The number of rotatable bonds is 6. The maximum Gasteiger partial charge on any atom is 0.225 e. The van der Waals surface area contributed by atoms with E-state index >= 15 is 0 Å². The van der Waals surface area contributed by atoms with E-state index in [4.69, 9.17) is 16.3 Å². The van der Waals surface area contributed by atoms with Gasteiger partial charge in [0.05, 0.1) is 12.0 Å². The first-order valence-corrected chi connectivity index (χ1v) is 6.62. The number of amides is 1. The van der Waals surface area contributed by atoms with Crippen LogP contribution in [-0.2, 0) is 9.53 Å². The Kier molecular flexibility index (Phi) is 6.14. The van der Waals surface area contributed by atoms with Crippen LogP contribution < -0.4 is 5.32 Å². The van der Waals surface area contributed by atoms with E-state index in [1.807, 2.05) is 6.92 Å². The van der Waals surface area contributed by atoms with Crippen LogP contribution in [0.4, 0.5) is 0 Å². The summed E-state index contributed by atoms with van der Waals surface area (Å²) in [5.41, 5.74) is 0. The average molecular weight is 248 g/mol. The molecule has 3 nitrogen and oxygen atoms in total. The van der Waals surface area contributed by atoms with Gasteiger partial charge in [0, 0.05) is 18.5 Å². The lowest BCUT2D eigenvalue weighted by Gasteiger charge is -2.16.